The normalized spacial score (nSPS) is 32.4. The highest BCUT2D eigenvalue weighted by atomic mass is 15.2. The maximum Gasteiger partial charge on any atom is 0.0354 e. The average molecular weight is 244 g/mol. The summed E-state index contributed by atoms with van der Waals surface area (Å²) in [5.74, 6) is 1.68. The fourth-order valence-corrected chi connectivity index (χ4v) is 3.96. The van der Waals surface area contributed by atoms with E-state index in [0.717, 1.165) is 17.5 Å². The number of nitrogen functional groups attached to an aromatic ring is 1. The van der Waals surface area contributed by atoms with Gasteiger partial charge in [-0.1, -0.05) is 19.9 Å². The summed E-state index contributed by atoms with van der Waals surface area (Å²) in [6.07, 6.45) is 3.86. The molecule has 3 unspecified atom stereocenters. The average Bonchev–Trinajstić information content (AvgIpc) is 2.70. The number of likely N-dealkylation sites (tertiary alicyclic amines) is 1. The molecule has 0 bridgehead atoms. The largest absolute Gasteiger partial charge is 0.399 e. The van der Waals surface area contributed by atoms with Crippen molar-refractivity contribution in [1.82, 2.24) is 4.90 Å². The highest BCUT2D eigenvalue weighted by Crippen LogP contribution is 2.39. The lowest BCUT2D eigenvalue weighted by atomic mass is 9.90. The lowest BCUT2D eigenvalue weighted by Gasteiger charge is -2.39. The molecule has 2 aliphatic rings. The van der Waals surface area contributed by atoms with Gasteiger partial charge in [0.15, 0.2) is 0 Å². The Morgan fingerprint density at radius 1 is 1.17 bits per heavy atom. The number of aryl methyl sites for hydroxylation is 1. The van der Waals surface area contributed by atoms with Crippen LogP contribution in [0, 0.1) is 11.8 Å². The van der Waals surface area contributed by atoms with Crippen molar-refractivity contribution in [2.75, 3.05) is 18.8 Å². The second kappa shape index (κ2) is 4.58. The summed E-state index contributed by atoms with van der Waals surface area (Å²) in [6, 6.07) is 7.14. The van der Waals surface area contributed by atoms with Gasteiger partial charge in [0, 0.05) is 24.8 Å². The fraction of sp³-hybridized carbons (Fsp3) is 0.625. The standard InChI is InChI=1S/C16H24N2/c1-11-7-12(2)10-18(9-11)16-6-3-13-8-14(17)4-5-15(13)16/h4-5,8,11-12,16H,3,6-7,9-10,17H2,1-2H3. The second-order valence-electron chi connectivity index (χ2n) is 6.41. The van der Waals surface area contributed by atoms with E-state index in [1.54, 1.807) is 0 Å². The summed E-state index contributed by atoms with van der Waals surface area (Å²) in [6.45, 7) is 7.31. The smallest absolute Gasteiger partial charge is 0.0354 e. The molecule has 0 amide bonds. The molecular weight excluding hydrogens is 220 g/mol. The Balaban J connectivity index is 1.83. The van der Waals surface area contributed by atoms with Crippen LogP contribution in [-0.2, 0) is 6.42 Å². The number of benzene rings is 1. The SMILES string of the molecule is CC1CC(C)CN(C2CCc3cc(N)ccc32)C1. The quantitative estimate of drug-likeness (QED) is 0.768. The van der Waals surface area contributed by atoms with Crippen LogP contribution in [0.3, 0.4) is 0 Å². The van der Waals surface area contributed by atoms with Crippen molar-refractivity contribution in [3.05, 3.63) is 29.3 Å². The molecule has 2 nitrogen and oxygen atoms in total. The van der Waals surface area contributed by atoms with Crippen molar-refractivity contribution in [2.45, 2.75) is 39.2 Å². The topological polar surface area (TPSA) is 29.3 Å². The first-order valence-electron chi connectivity index (χ1n) is 7.26. The van der Waals surface area contributed by atoms with Crippen molar-refractivity contribution in [3.8, 4) is 0 Å². The van der Waals surface area contributed by atoms with Gasteiger partial charge in [-0.05, 0) is 54.4 Å². The van der Waals surface area contributed by atoms with E-state index < -0.39 is 0 Å². The molecule has 1 aliphatic carbocycles. The van der Waals surface area contributed by atoms with Crippen LogP contribution in [0.25, 0.3) is 0 Å². The van der Waals surface area contributed by atoms with E-state index in [1.165, 1.54) is 43.5 Å². The number of nitrogens with two attached hydrogens (primary N) is 1. The van der Waals surface area contributed by atoms with E-state index in [9.17, 15) is 0 Å². The lowest BCUT2D eigenvalue weighted by Crippen LogP contribution is -2.40. The van der Waals surface area contributed by atoms with E-state index in [1.807, 2.05) is 0 Å². The molecule has 2 N–H and O–H groups in total. The third kappa shape index (κ3) is 2.14. The lowest BCUT2D eigenvalue weighted by molar-refractivity contribution is 0.0955. The summed E-state index contributed by atoms with van der Waals surface area (Å²) in [4.78, 5) is 2.71. The molecule has 0 radical (unpaired) electrons. The second-order valence-corrected chi connectivity index (χ2v) is 6.41. The first kappa shape index (κ1) is 12.0. The number of nitrogens with zero attached hydrogens (tertiary/aromatic N) is 1. The third-order valence-electron chi connectivity index (χ3n) is 4.55. The summed E-state index contributed by atoms with van der Waals surface area (Å²) >= 11 is 0. The maximum absolute atomic E-state index is 5.89. The zero-order valence-electron chi connectivity index (χ0n) is 11.5. The van der Waals surface area contributed by atoms with Crippen molar-refractivity contribution in [2.24, 2.45) is 11.8 Å². The number of rotatable bonds is 1. The first-order chi connectivity index (χ1) is 8.63. The number of hydrogen-bond donors (Lipinski definition) is 1. The van der Waals surface area contributed by atoms with Crippen molar-refractivity contribution in [1.29, 1.82) is 0 Å². The number of hydrogen-bond acceptors (Lipinski definition) is 2. The Morgan fingerprint density at radius 3 is 2.61 bits per heavy atom. The van der Waals surface area contributed by atoms with E-state index >= 15 is 0 Å². The minimum atomic E-state index is 0.644. The molecule has 0 saturated carbocycles. The van der Waals surface area contributed by atoms with Crippen LogP contribution in [0.15, 0.2) is 18.2 Å². The molecule has 1 aromatic rings. The summed E-state index contributed by atoms with van der Waals surface area (Å²) in [5, 5.41) is 0. The van der Waals surface area contributed by atoms with Crippen LogP contribution in [-0.4, -0.2) is 18.0 Å². The van der Waals surface area contributed by atoms with E-state index in [2.05, 4.69) is 36.9 Å². The van der Waals surface area contributed by atoms with Gasteiger partial charge in [0.05, 0.1) is 0 Å². The molecule has 0 spiro atoms. The molecule has 98 valence electrons. The molecule has 1 fully saturated rings. The minimum Gasteiger partial charge on any atom is -0.399 e. The zero-order chi connectivity index (χ0) is 12.7. The molecule has 1 aliphatic heterocycles. The van der Waals surface area contributed by atoms with Gasteiger partial charge >= 0.3 is 0 Å². The van der Waals surface area contributed by atoms with Crippen LogP contribution < -0.4 is 5.73 Å². The predicted octanol–water partition coefficient (Wildman–Crippen LogP) is 3.23. The van der Waals surface area contributed by atoms with Gasteiger partial charge in [0.25, 0.3) is 0 Å². The molecule has 1 saturated heterocycles. The Bertz CT molecular complexity index is 431. The van der Waals surface area contributed by atoms with E-state index in [0.29, 0.717) is 6.04 Å². The maximum atomic E-state index is 5.89. The van der Waals surface area contributed by atoms with Gasteiger partial charge in [-0.2, -0.15) is 0 Å². The van der Waals surface area contributed by atoms with Gasteiger partial charge in [-0.15, -0.1) is 0 Å². The highest BCUT2D eigenvalue weighted by molar-refractivity contribution is 5.47. The monoisotopic (exact) mass is 244 g/mol. The van der Waals surface area contributed by atoms with E-state index in [-0.39, 0.29) is 0 Å². The van der Waals surface area contributed by atoms with Crippen molar-refractivity contribution < 1.29 is 0 Å². The molecule has 0 aromatic heterocycles. The first-order valence-corrected chi connectivity index (χ1v) is 7.26. The predicted molar refractivity (Wildman–Crippen MR) is 76.4 cm³/mol. The van der Waals surface area contributed by atoms with Gasteiger partial charge in [-0.25, -0.2) is 0 Å². The minimum absolute atomic E-state index is 0.644. The van der Waals surface area contributed by atoms with E-state index in [4.69, 9.17) is 5.73 Å². The van der Waals surface area contributed by atoms with Crippen LogP contribution in [0.4, 0.5) is 5.69 Å². The molecule has 18 heavy (non-hydrogen) atoms. The van der Waals surface area contributed by atoms with Gasteiger partial charge < -0.3 is 5.73 Å². The molecule has 3 rings (SSSR count). The van der Waals surface area contributed by atoms with Gasteiger partial charge in [-0.3, -0.25) is 4.90 Å². The van der Waals surface area contributed by atoms with Crippen LogP contribution >= 0.6 is 0 Å². The third-order valence-corrected chi connectivity index (χ3v) is 4.55. The highest BCUT2D eigenvalue weighted by Gasteiger charge is 2.32. The van der Waals surface area contributed by atoms with Crippen LogP contribution in [0.2, 0.25) is 0 Å². The molecule has 1 heterocycles. The number of anilines is 1. The van der Waals surface area contributed by atoms with Crippen LogP contribution in [0.5, 0.6) is 0 Å². The Labute approximate surface area is 110 Å². The Hall–Kier alpha value is -1.02. The number of fused-ring (bicyclic) bond motifs is 1. The van der Waals surface area contributed by atoms with Gasteiger partial charge in [0.1, 0.15) is 0 Å². The summed E-state index contributed by atoms with van der Waals surface area (Å²) in [5.41, 5.74) is 9.81. The fourth-order valence-electron chi connectivity index (χ4n) is 3.96. The van der Waals surface area contributed by atoms with Crippen molar-refractivity contribution >= 4 is 5.69 Å². The molecule has 1 aromatic carbocycles. The Morgan fingerprint density at radius 2 is 1.89 bits per heavy atom. The van der Waals surface area contributed by atoms with Crippen LogP contribution in [0.1, 0.15) is 43.9 Å². The summed E-state index contributed by atoms with van der Waals surface area (Å²) < 4.78 is 0. The molecule has 3 atom stereocenters. The summed E-state index contributed by atoms with van der Waals surface area (Å²) in [7, 11) is 0. The number of piperidine rings is 1. The van der Waals surface area contributed by atoms with Gasteiger partial charge in [0.2, 0.25) is 0 Å². The molecular formula is C16H24N2. The molecule has 2 heteroatoms. The van der Waals surface area contributed by atoms with Crippen molar-refractivity contribution in [3.63, 3.8) is 0 Å². The zero-order valence-corrected chi connectivity index (χ0v) is 11.5. The Kier molecular flexibility index (Phi) is 3.06.